The summed E-state index contributed by atoms with van der Waals surface area (Å²) in [5.74, 6) is 1.00. The standard InChI is InChI=1S/C9H13N5S/c15-9(11-7-1-2-7)13-3-4-14-6-10-12-8(14)5-13/h6-7H,1-5H2,(H,11,15). The molecule has 2 heterocycles. The summed E-state index contributed by atoms with van der Waals surface area (Å²) >= 11 is 5.35. The van der Waals surface area contributed by atoms with Crippen LogP contribution in [0, 0.1) is 0 Å². The van der Waals surface area contributed by atoms with E-state index in [4.69, 9.17) is 12.2 Å². The maximum absolute atomic E-state index is 5.35. The second kappa shape index (κ2) is 3.44. The van der Waals surface area contributed by atoms with E-state index in [2.05, 4.69) is 25.0 Å². The van der Waals surface area contributed by atoms with Gasteiger partial charge >= 0.3 is 0 Å². The van der Waals surface area contributed by atoms with Crippen LogP contribution in [-0.4, -0.2) is 37.4 Å². The Bertz CT molecular complexity index is 384. The number of aromatic nitrogens is 3. The van der Waals surface area contributed by atoms with Crippen LogP contribution in [-0.2, 0) is 13.1 Å². The first-order valence-corrected chi connectivity index (χ1v) is 5.66. The van der Waals surface area contributed by atoms with Gasteiger partial charge in [0.15, 0.2) is 10.9 Å². The molecule has 80 valence electrons. The van der Waals surface area contributed by atoms with Gasteiger partial charge in [-0.25, -0.2) is 0 Å². The van der Waals surface area contributed by atoms with Gasteiger partial charge in [-0.3, -0.25) is 0 Å². The maximum Gasteiger partial charge on any atom is 0.169 e. The van der Waals surface area contributed by atoms with E-state index in [0.717, 1.165) is 30.6 Å². The van der Waals surface area contributed by atoms with Crippen molar-refractivity contribution in [3.05, 3.63) is 12.2 Å². The molecule has 1 aromatic heterocycles. The summed E-state index contributed by atoms with van der Waals surface area (Å²) < 4.78 is 2.08. The molecular weight excluding hydrogens is 210 g/mol. The Labute approximate surface area is 93.5 Å². The first-order valence-electron chi connectivity index (χ1n) is 5.25. The fourth-order valence-corrected chi connectivity index (χ4v) is 2.06. The van der Waals surface area contributed by atoms with Gasteiger partial charge in [0, 0.05) is 19.1 Å². The van der Waals surface area contributed by atoms with E-state index in [-0.39, 0.29) is 0 Å². The maximum atomic E-state index is 5.35. The van der Waals surface area contributed by atoms with Crippen LogP contribution >= 0.6 is 12.2 Å². The van der Waals surface area contributed by atoms with E-state index in [1.165, 1.54) is 12.8 Å². The minimum absolute atomic E-state index is 0.622. The second-order valence-electron chi connectivity index (χ2n) is 4.09. The summed E-state index contributed by atoms with van der Waals surface area (Å²) in [6.45, 7) is 2.65. The van der Waals surface area contributed by atoms with Crippen molar-refractivity contribution in [1.82, 2.24) is 25.0 Å². The lowest BCUT2D eigenvalue weighted by atomic mass is 10.4. The molecule has 1 aliphatic carbocycles. The Kier molecular flexibility index (Phi) is 2.09. The Morgan fingerprint density at radius 2 is 2.33 bits per heavy atom. The Morgan fingerprint density at radius 1 is 1.47 bits per heavy atom. The highest BCUT2D eigenvalue weighted by atomic mass is 32.1. The van der Waals surface area contributed by atoms with Crippen LogP contribution in [0.2, 0.25) is 0 Å². The quantitative estimate of drug-likeness (QED) is 0.686. The predicted octanol–water partition coefficient (Wildman–Crippen LogP) is 0.131. The molecule has 1 N–H and O–H groups in total. The van der Waals surface area contributed by atoms with E-state index in [1.807, 2.05) is 0 Å². The zero-order chi connectivity index (χ0) is 10.3. The summed E-state index contributed by atoms with van der Waals surface area (Å²) in [5.41, 5.74) is 0. The molecule has 1 saturated carbocycles. The third-order valence-electron chi connectivity index (χ3n) is 2.83. The lowest BCUT2D eigenvalue weighted by molar-refractivity contribution is 0.325. The molecule has 0 saturated heterocycles. The van der Waals surface area contributed by atoms with Crippen molar-refractivity contribution in [3.8, 4) is 0 Å². The molecule has 5 nitrogen and oxygen atoms in total. The van der Waals surface area contributed by atoms with Gasteiger partial charge in [-0.05, 0) is 25.1 Å². The van der Waals surface area contributed by atoms with Gasteiger partial charge in [0.1, 0.15) is 6.33 Å². The van der Waals surface area contributed by atoms with Crippen LogP contribution in [0.15, 0.2) is 6.33 Å². The fraction of sp³-hybridized carbons (Fsp3) is 0.667. The van der Waals surface area contributed by atoms with Crippen LogP contribution in [0.4, 0.5) is 0 Å². The number of hydrogen-bond donors (Lipinski definition) is 1. The molecule has 2 aliphatic rings. The fourth-order valence-electron chi connectivity index (χ4n) is 1.73. The molecule has 1 aromatic rings. The monoisotopic (exact) mass is 223 g/mol. The molecule has 15 heavy (non-hydrogen) atoms. The molecule has 1 fully saturated rings. The Balaban J connectivity index is 1.66. The lowest BCUT2D eigenvalue weighted by Gasteiger charge is -2.29. The molecule has 0 amide bonds. The molecule has 0 spiro atoms. The Hall–Kier alpha value is -1.17. The number of fused-ring (bicyclic) bond motifs is 1. The Morgan fingerprint density at radius 3 is 3.13 bits per heavy atom. The molecule has 0 radical (unpaired) electrons. The van der Waals surface area contributed by atoms with Crippen LogP contribution in [0.5, 0.6) is 0 Å². The van der Waals surface area contributed by atoms with Crippen molar-refractivity contribution >= 4 is 17.3 Å². The molecule has 6 heteroatoms. The number of thiocarbonyl (C=S) groups is 1. The SMILES string of the molecule is S=C(NC1CC1)N1CCn2cnnc2C1. The molecule has 0 bridgehead atoms. The van der Waals surface area contributed by atoms with E-state index < -0.39 is 0 Å². The zero-order valence-electron chi connectivity index (χ0n) is 8.39. The van der Waals surface area contributed by atoms with Crippen molar-refractivity contribution in [2.45, 2.75) is 32.0 Å². The highest BCUT2D eigenvalue weighted by Crippen LogP contribution is 2.19. The van der Waals surface area contributed by atoms with E-state index in [1.54, 1.807) is 6.33 Å². The van der Waals surface area contributed by atoms with Crippen LogP contribution in [0.3, 0.4) is 0 Å². The summed E-state index contributed by atoms with van der Waals surface area (Å²) in [6, 6.07) is 0.622. The average molecular weight is 223 g/mol. The summed E-state index contributed by atoms with van der Waals surface area (Å²) in [6.07, 6.45) is 4.29. The topological polar surface area (TPSA) is 46.0 Å². The van der Waals surface area contributed by atoms with Gasteiger partial charge in [-0.1, -0.05) is 0 Å². The van der Waals surface area contributed by atoms with Gasteiger partial charge < -0.3 is 14.8 Å². The van der Waals surface area contributed by atoms with Gasteiger partial charge in [0.25, 0.3) is 0 Å². The van der Waals surface area contributed by atoms with Crippen molar-refractivity contribution in [2.24, 2.45) is 0 Å². The predicted molar refractivity (Wildman–Crippen MR) is 59.2 cm³/mol. The summed E-state index contributed by atoms with van der Waals surface area (Å²) in [4.78, 5) is 2.16. The molecule has 1 aliphatic heterocycles. The normalized spacial score (nSPS) is 19.9. The zero-order valence-corrected chi connectivity index (χ0v) is 9.20. The van der Waals surface area contributed by atoms with Crippen LogP contribution < -0.4 is 5.32 Å². The number of hydrogen-bond acceptors (Lipinski definition) is 3. The number of nitrogens with one attached hydrogen (secondary N) is 1. The smallest absolute Gasteiger partial charge is 0.169 e. The molecule has 0 unspecified atom stereocenters. The van der Waals surface area contributed by atoms with Crippen molar-refractivity contribution in [3.63, 3.8) is 0 Å². The van der Waals surface area contributed by atoms with Gasteiger partial charge in [-0.2, -0.15) is 0 Å². The largest absolute Gasteiger partial charge is 0.360 e. The molecular formula is C9H13N5S. The van der Waals surface area contributed by atoms with E-state index in [9.17, 15) is 0 Å². The summed E-state index contributed by atoms with van der Waals surface area (Å²) in [5, 5.41) is 12.2. The average Bonchev–Trinajstić information content (AvgIpc) is 2.94. The highest BCUT2D eigenvalue weighted by molar-refractivity contribution is 7.80. The first kappa shape index (κ1) is 9.08. The lowest BCUT2D eigenvalue weighted by Crippen LogP contribution is -2.44. The van der Waals surface area contributed by atoms with Crippen LogP contribution in [0.1, 0.15) is 18.7 Å². The minimum Gasteiger partial charge on any atom is -0.360 e. The van der Waals surface area contributed by atoms with Crippen molar-refractivity contribution in [1.29, 1.82) is 0 Å². The van der Waals surface area contributed by atoms with E-state index in [0.29, 0.717) is 6.04 Å². The number of nitrogens with zero attached hydrogens (tertiary/aromatic N) is 4. The number of rotatable bonds is 1. The van der Waals surface area contributed by atoms with E-state index >= 15 is 0 Å². The van der Waals surface area contributed by atoms with Crippen molar-refractivity contribution < 1.29 is 0 Å². The van der Waals surface area contributed by atoms with Crippen molar-refractivity contribution in [2.75, 3.05) is 6.54 Å². The molecule has 0 aromatic carbocycles. The van der Waals surface area contributed by atoms with Gasteiger partial charge in [0.05, 0.1) is 6.54 Å². The summed E-state index contributed by atoms with van der Waals surface area (Å²) in [7, 11) is 0. The minimum atomic E-state index is 0.622. The third kappa shape index (κ3) is 1.81. The third-order valence-corrected chi connectivity index (χ3v) is 3.21. The van der Waals surface area contributed by atoms with Gasteiger partial charge in [-0.15, -0.1) is 10.2 Å². The highest BCUT2D eigenvalue weighted by Gasteiger charge is 2.25. The van der Waals surface area contributed by atoms with Crippen LogP contribution in [0.25, 0.3) is 0 Å². The first-order chi connectivity index (χ1) is 7.33. The van der Waals surface area contributed by atoms with Gasteiger partial charge in [0.2, 0.25) is 0 Å². The second-order valence-corrected chi connectivity index (χ2v) is 4.47. The molecule has 3 rings (SSSR count). The molecule has 0 atom stereocenters.